The van der Waals surface area contributed by atoms with Crippen molar-refractivity contribution in [2.24, 2.45) is 27.9 Å². The van der Waals surface area contributed by atoms with E-state index >= 15 is 0 Å². The molecule has 0 aliphatic rings. The molecule has 0 spiro atoms. The van der Waals surface area contributed by atoms with E-state index in [0.29, 0.717) is 16.2 Å². The summed E-state index contributed by atoms with van der Waals surface area (Å²) in [6.07, 6.45) is 5.00. The van der Waals surface area contributed by atoms with E-state index in [9.17, 15) is 0 Å². The van der Waals surface area contributed by atoms with Crippen molar-refractivity contribution in [3.05, 3.63) is 0 Å². The molecule has 0 saturated carbocycles. The van der Waals surface area contributed by atoms with Gasteiger partial charge in [0.25, 0.3) is 0 Å². The summed E-state index contributed by atoms with van der Waals surface area (Å²) in [6, 6.07) is 0. The molecule has 0 aliphatic heterocycles. The van der Waals surface area contributed by atoms with Crippen LogP contribution in [-0.4, -0.2) is 6.54 Å². The lowest BCUT2D eigenvalue weighted by atomic mass is 9.58. The first-order chi connectivity index (χ1) is 7.97. The molecule has 0 bridgehead atoms. The standard InChI is InChI=1S/C17H37N/c1-9-17(8,15(3,4)5)13-16(6,7)12-14(2)10-11-18/h14H,9-13,18H2,1-8H3. The first kappa shape index (κ1) is 18.0. The van der Waals surface area contributed by atoms with Crippen LogP contribution in [0.5, 0.6) is 0 Å². The molecule has 18 heavy (non-hydrogen) atoms. The molecule has 0 aromatic rings. The molecule has 0 fully saturated rings. The summed E-state index contributed by atoms with van der Waals surface area (Å²) < 4.78 is 0. The quantitative estimate of drug-likeness (QED) is 0.661. The van der Waals surface area contributed by atoms with E-state index in [1.165, 1.54) is 19.3 Å². The zero-order valence-electron chi connectivity index (χ0n) is 14.2. The maximum Gasteiger partial charge on any atom is -0.00747 e. The van der Waals surface area contributed by atoms with Crippen molar-refractivity contribution >= 4 is 0 Å². The van der Waals surface area contributed by atoms with Gasteiger partial charge in [-0.25, -0.2) is 0 Å². The van der Waals surface area contributed by atoms with E-state index in [2.05, 4.69) is 55.4 Å². The molecule has 0 radical (unpaired) electrons. The Balaban J connectivity index is 4.73. The summed E-state index contributed by atoms with van der Waals surface area (Å²) in [5.74, 6) is 0.742. The first-order valence-electron chi connectivity index (χ1n) is 7.67. The van der Waals surface area contributed by atoms with Crippen molar-refractivity contribution in [3.8, 4) is 0 Å². The predicted molar refractivity (Wildman–Crippen MR) is 83.7 cm³/mol. The minimum Gasteiger partial charge on any atom is -0.330 e. The molecule has 1 nitrogen and oxygen atoms in total. The molecule has 0 aliphatic carbocycles. The van der Waals surface area contributed by atoms with Crippen LogP contribution in [0, 0.1) is 22.2 Å². The van der Waals surface area contributed by atoms with Crippen molar-refractivity contribution in [1.29, 1.82) is 0 Å². The van der Waals surface area contributed by atoms with Gasteiger partial charge >= 0.3 is 0 Å². The van der Waals surface area contributed by atoms with E-state index in [1.54, 1.807) is 0 Å². The van der Waals surface area contributed by atoms with Gasteiger partial charge in [-0.05, 0) is 48.0 Å². The minimum atomic E-state index is 0.371. The number of nitrogens with two attached hydrogens (primary N) is 1. The predicted octanol–water partition coefficient (Wildman–Crippen LogP) is 5.24. The Labute approximate surface area is 116 Å². The lowest BCUT2D eigenvalue weighted by Gasteiger charge is -2.47. The van der Waals surface area contributed by atoms with Crippen LogP contribution in [0.1, 0.15) is 81.1 Å². The summed E-state index contributed by atoms with van der Waals surface area (Å²) in [5, 5.41) is 0. The van der Waals surface area contributed by atoms with Gasteiger partial charge in [0.2, 0.25) is 0 Å². The van der Waals surface area contributed by atoms with Gasteiger partial charge in [0.15, 0.2) is 0 Å². The van der Waals surface area contributed by atoms with Crippen LogP contribution in [0.4, 0.5) is 0 Å². The SMILES string of the molecule is CCC(C)(CC(C)(C)CC(C)CCN)C(C)(C)C. The minimum absolute atomic E-state index is 0.371. The van der Waals surface area contributed by atoms with Crippen LogP contribution < -0.4 is 5.73 Å². The van der Waals surface area contributed by atoms with Gasteiger partial charge in [0.05, 0.1) is 0 Å². The van der Waals surface area contributed by atoms with Gasteiger partial charge in [0.1, 0.15) is 0 Å². The zero-order chi connectivity index (χ0) is 14.6. The third-order valence-electron chi connectivity index (χ3n) is 5.02. The molecule has 2 atom stereocenters. The number of rotatable bonds is 7. The van der Waals surface area contributed by atoms with E-state index in [-0.39, 0.29) is 0 Å². The highest BCUT2D eigenvalue weighted by Crippen LogP contribution is 2.50. The highest BCUT2D eigenvalue weighted by atomic mass is 14.5. The smallest absolute Gasteiger partial charge is 0.00747 e. The molecule has 0 aromatic heterocycles. The summed E-state index contributed by atoms with van der Waals surface area (Å²) in [5.41, 5.74) is 6.87. The first-order valence-corrected chi connectivity index (χ1v) is 7.67. The Hall–Kier alpha value is -0.0400. The van der Waals surface area contributed by atoms with E-state index in [0.717, 1.165) is 18.9 Å². The van der Waals surface area contributed by atoms with Crippen molar-refractivity contribution < 1.29 is 0 Å². The monoisotopic (exact) mass is 255 g/mol. The molecular formula is C17H37N. The van der Waals surface area contributed by atoms with Crippen LogP contribution in [-0.2, 0) is 0 Å². The fourth-order valence-corrected chi connectivity index (χ4v) is 3.38. The Bertz CT molecular complexity index is 236. The Morgan fingerprint density at radius 3 is 1.83 bits per heavy atom. The second-order valence-electron chi connectivity index (χ2n) is 8.39. The molecule has 2 N–H and O–H groups in total. The zero-order valence-corrected chi connectivity index (χ0v) is 14.2. The van der Waals surface area contributed by atoms with Crippen LogP contribution in [0.25, 0.3) is 0 Å². The molecule has 110 valence electrons. The van der Waals surface area contributed by atoms with Crippen molar-refractivity contribution in [3.63, 3.8) is 0 Å². The lowest BCUT2D eigenvalue weighted by Crippen LogP contribution is -2.37. The van der Waals surface area contributed by atoms with E-state index in [4.69, 9.17) is 5.73 Å². The Morgan fingerprint density at radius 2 is 1.50 bits per heavy atom. The highest BCUT2D eigenvalue weighted by Gasteiger charge is 2.40. The fraction of sp³-hybridized carbons (Fsp3) is 1.00. The summed E-state index contributed by atoms with van der Waals surface area (Å²) >= 11 is 0. The van der Waals surface area contributed by atoms with Crippen molar-refractivity contribution in [2.45, 2.75) is 81.1 Å². The van der Waals surface area contributed by atoms with Gasteiger partial charge in [-0.2, -0.15) is 0 Å². The topological polar surface area (TPSA) is 26.0 Å². The molecular weight excluding hydrogens is 218 g/mol. The molecule has 2 unspecified atom stereocenters. The average Bonchev–Trinajstić information content (AvgIpc) is 2.14. The largest absolute Gasteiger partial charge is 0.330 e. The summed E-state index contributed by atoms with van der Waals surface area (Å²) in [7, 11) is 0. The third kappa shape index (κ3) is 5.30. The van der Waals surface area contributed by atoms with Crippen LogP contribution in [0.15, 0.2) is 0 Å². The fourth-order valence-electron chi connectivity index (χ4n) is 3.38. The molecule has 0 heterocycles. The Morgan fingerprint density at radius 1 is 1.00 bits per heavy atom. The van der Waals surface area contributed by atoms with Crippen LogP contribution >= 0.6 is 0 Å². The normalized spacial score (nSPS) is 18.5. The average molecular weight is 255 g/mol. The van der Waals surface area contributed by atoms with Gasteiger partial charge in [0, 0.05) is 0 Å². The summed E-state index contributed by atoms with van der Waals surface area (Å²) in [6.45, 7) is 20.0. The Kier molecular flexibility index (Phi) is 6.40. The van der Waals surface area contributed by atoms with Crippen molar-refractivity contribution in [1.82, 2.24) is 0 Å². The molecule has 1 heteroatoms. The molecule has 0 amide bonds. The maximum atomic E-state index is 5.67. The molecule has 0 aromatic carbocycles. The molecule has 0 saturated heterocycles. The van der Waals surface area contributed by atoms with Crippen molar-refractivity contribution in [2.75, 3.05) is 6.54 Å². The van der Waals surface area contributed by atoms with Crippen LogP contribution in [0.3, 0.4) is 0 Å². The van der Waals surface area contributed by atoms with Gasteiger partial charge in [-0.15, -0.1) is 0 Å². The van der Waals surface area contributed by atoms with Crippen LogP contribution in [0.2, 0.25) is 0 Å². The number of hydrogen-bond donors (Lipinski definition) is 1. The third-order valence-corrected chi connectivity index (χ3v) is 5.02. The van der Waals surface area contributed by atoms with Gasteiger partial charge < -0.3 is 5.73 Å². The second kappa shape index (κ2) is 6.41. The molecule has 0 rings (SSSR count). The summed E-state index contributed by atoms with van der Waals surface area (Å²) in [4.78, 5) is 0. The number of hydrogen-bond acceptors (Lipinski definition) is 1. The lowest BCUT2D eigenvalue weighted by molar-refractivity contribution is 0.0352. The second-order valence-corrected chi connectivity index (χ2v) is 8.39. The highest BCUT2D eigenvalue weighted by molar-refractivity contribution is 4.90. The maximum absolute atomic E-state index is 5.67. The van der Waals surface area contributed by atoms with Gasteiger partial charge in [-0.3, -0.25) is 0 Å². The van der Waals surface area contributed by atoms with E-state index in [1.807, 2.05) is 0 Å². The van der Waals surface area contributed by atoms with Gasteiger partial charge in [-0.1, -0.05) is 61.8 Å². The van der Waals surface area contributed by atoms with E-state index < -0.39 is 0 Å².